The van der Waals surface area contributed by atoms with Crippen LogP contribution in [0.4, 0.5) is 0 Å². The molecule has 15 heavy (non-hydrogen) atoms. The van der Waals surface area contributed by atoms with Crippen LogP contribution in [0.25, 0.3) is 0 Å². The van der Waals surface area contributed by atoms with Gasteiger partial charge in [-0.25, -0.2) is 0 Å². The van der Waals surface area contributed by atoms with Crippen molar-refractivity contribution in [3.8, 4) is 0 Å². The normalized spacial score (nSPS) is 10.8. The van der Waals surface area contributed by atoms with Crippen molar-refractivity contribution >= 4 is 12.6 Å². The molecule has 0 saturated heterocycles. The molecule has 86 valence electrons. The van der Waals surface area contributed by atoms with Gasteiger partial charge in [0.25, 0.3) is 0 Å². The van der Waals surface area contributed by atoms with Crippen molar-refractivity contribution in [2.75, 3.05) is 5.75 Å². The molecule has 0 radical (unpaired) electrons. The molecule has 0 atom stereocenters. The Labute approximate surface area is 97.7 Å². The fourth-order valence-corrected chi connectivity index (χ4v) is 1.78. The van der Waals surface area contributed by atoms with E-state index in [1.165, 1.54) is 32.1 Å². The number of hydrogen-bond donors (Lipinski definition) is 1. The fraction of sp³-hybridized carbons (Fsp3) is 0.818. The predicted molar refractivity (Wildman–Crippen MR) is 66.3 cm³/mol. The molecule has 0 unspecified atom stereocenters. The highest BCUT2D eigenvalue weighted by Gasteiger charge is 1.99. The maximum atomic E-state index is 4.16. The van der Waals surface area contributed by atoms with E-state index in [1.54, 1.807) is 0 Å². The van der Waals surface area contributed by atoms with Crippen LogP contribution in [0.1, 0.15) is 44.7 Å². The lowest BCUT2D eigenvalue weighted by Crippen LogP contribution is -1.99. The van der Waals surface area contributed by atoms with Crippen molar-refractivity contribution in [2.24, 2.45) is 0 Å². The van der Waals surface area contributed by atoms with Crippen LogP contribution >= 0.6 is 12.6 Å². The van der Waals surface area contributed by atoms with Crippen LogP contribution in [0, 0.1) is 0 Å². The first-order chi connectivity index (χ1) is 7.36. The molecule has 3 nitrogen and oxygen atoms in total. The molecule has 0 fully saturated rings. The summed E-state index contributed by atoms with van der Waals surface area (Å²) in [6, 6.07) is 0. The van der Waals surface area contributed by atoms with Crippen LogP contribution in [-0.4, -0.2) is 20.7 Å². The van der Waals surface area contributed by atoms with Gasteiger partial charge < -0.3 is 0 Å². The Morgan fingerprint density at radius 3 is 2.80 bits per heavy atom. The lowest BCUT2D eigenvalue weighted by molar-refractivity contribution is 0.625. The van der Waals surface area contributed by atoms with Crippen LogP contribution < -0.4 is 0 Å². The van der Waals surface area contributed by atoms with Gasteiger partial charge in [0.2, 0.25) is 0 Å². The molecule has 0 spiro atoms. The first-order valence-corrected chi connectivity index (χ1v) is 6.50. The smallest absolute Gasteiger partial charge is 0.0827 e. The SMILES string of the molecule is CCCCCCCc1cn(CCS)nn1. The molecule has 4 heteroatoms. The van der Waals surface area contributed by atoms with Crippen LogP contribution in [0.3, 0.4) is 0 Å². The maximum absolute atomic E-state index is 4.16. The van der Waals surface area contributed by atoms with Gasteiger partial charge in [-0.2, -0.15) is 12.6 Å². The molecular formula is C11H21N3S. The van der Waals surface area contributed by atoms with E-state index in [0.717, 1.165) is 24.4 Å². The Morgan fingerprint density at radius 2 is 2.07 bits per heavy atom. The van der Waals surface area contributed by atoms with E-state index >= 15 is 0 Å². The van der Waals surface area contributed by atoms with Crippen molar-refractivity contribution in [1.82, 2.24) is 15.0 Å². The van der Waals surface area contributed by atoms with E-state index in [0.29, 0.717) is 0 Å². The molecule has 0 aliphatic heterocycles. The number of rotatable bonds is 8. The Kier molecular flexibility index (Phi) is 6.48. The van der Waals surface area contributed by atoms with Gasteiger partial charge in [-0.3, -0.25) is 4.68 Å². The minimum absolute atomic E-state index is 0.819. The van der Waals surface area contributed by atoms with Gasteiger partial charge in [-0.1, -0.05) is 37.8 Å². The summed E-state index contributed by atoms with van der Waals surface area (Å²) in [5.74, 6) is 0.819. The summed E-state index contributed by atoms with van der Waals surface area (Å²) in [5.41, 5.74) is 1.12. The molecule has 0 amide bonds. The Bertz CT molecular complexity index is 260. The molecule has 1 rings (SSSR count). The minimum atomic E-state index is 0.819. The number of nitrogens with zero attached hydrogens (tertiary/aromatic N) is 3. The van der Waals surface area contributed by atoms with E-state index in [2.05, 4.69) is 29.9 Å². The summed E-state index contributed by atoms with van der Waals surface area (Å²) < 4.78 is 1.87. The lowest BCUT2D eigenvalue weighted by atomic mass is 10.1. The molecular weight excluding hydrogens is 206 g/mol. The van der Waals surface area contributed by atoms with E-state index in [1.807, 2.05) is 10.9 Å². The van der Waals surface area contributed by atoms with Crippen LogP contribution in [0.5, 0.6) is 0 Å². The van der Waals surface area contributed by atoms with Gasteiger partial charge in [-0.05, 0) is 12.8 Å². The van der Waals surface area contributed by atoms with Crippen LogP contribution in [-0.2, 0) is 13.0 Å². The average Bonchev–Trinajstić information content (AvgIpc) is 2.66. The molecule has 0 aromatic carbocycles. The van der Waals surface area contributed by atoms with Crippen molar-refractivity contribution in [3.63, 3.8) is 0 Å². The quantitative estimate of drug-likeness (QED) is 0.547. The molecule has 0 aliphatic rings. The van der Waals surface area contributed by atoms with Crippen molar-refractivity contribution in [2.45, 2.75) is 52.0 Å². The first-order valence-electron chi connectivity index (χ1n) is 5.86. The zero-order chi connectivity index (χ0) is 10.9. The van der Waals surface area contributed by atoms with Gasteiger partial charge in [0.15, 0.2) is 0 Å². The van der Waals surface area contributed by atoms with E-state index in [9.17, 15) is 0 Å². The largest absolute Gasteiger partial charge is 0.251 e. The number of aryl methyl sites for hydroxylation is 2. The summed E-state index contributed by atoms with van der Waals surface area (Å²) in [6.45, 7) is 3.09. The summed E-state index contributed by atoms with van der Waals surface area (Å²) in [6.07, 6.45) is 9.66. The standard InChI is InChI=1S/C11H21N3S/c1-2-3-4-5-6-7-11-10-14(8-9-15)13-12-11/h10,15H,2-9H2,1H3. The Morgan fingerprint density at radius 1 is 1.27 bits per heavy atom. The van der Waals surface area contributed by atoms with Crippen molar-refractivity contribution < 1.29 is 0 Å². The van der Waals surface area contributed by atoms with Crippen LogP contribution in [0.15, 0.2) is 6.20 Å². The fourth-order valence-electron chi connectivity index (χ4n) is 1.57. The minimum Gasteiger partial charge on any atom is -0.251 e. The zero-order valence-electron chi connectivity index (χ0n) is 9.52. The van der Waals surface area contributed by atoms with Gasteiger partial charge in [0.1, 0.15) is 0 Å². The summed E-state index contributed by atoms with van der Waals surface area (Å²) in [7, 11) is 0. The van der Waals surface area contributed by atoms with Crippen LogP contribution in [0.2, 0.25) is 0 Å². The lowest BCUT2D eigenvalue weighted by Gasteiger charge is -1.97. The summed E-state index contributed by atoms with van der Waals surface area (Å²) >= 11 is 4.16. The second-order valence-electron chi connectivity index (χ2n) is 3.86. The number of unbranched alkanes of at least 4 members (excludes halogenated alkanes) is 4. The third kappa shape index (κ3) is 5.21. The average molecular weight is 227 g/mol. The van der Waals surface area contributed by atoms with E-state index < -0.39 is 0 Å². The summed E-state index contributed by atoms with van der Waals surface area (Å²) in [5, 5.41) is 8.17. The zero-order valence-corrected chi connectivity index (χ0v) is 10.4. The monoisotopic (exact) mass is 227 g/mol. The highest BCUT2D eigenvalue weighted by Crippen LogP contribution is 2.06. The predicted octanol–water partition coefficient (Wildman–Crippen LogP) is 2.72. The Balaban J connectivity index is 2.14. The molecule has 0 bridgehead atoms. The third-order valence-corrected chi connectivity index (χ3v) is 2.65. The second kappa shape index (κ2) is 7.74. The first kappa shape index (κ1) is 12.6. The van der Waals surface area contributed by atoms with Gasteiger partial charge in [0, 0.05) is 11.9 Å². The number of thiol groups is 1. The molecule has 0 saturated carbocycles. The van der Waals surface area contributed by atoms with Crippen molar-refractivity contribution in [3.05, 3.63) is 11.9 Å². The highest BCUT2D eigenvalue weighted by molar-refractivity contribution is 7.80. The molecule has 1 aromatic heterocycles. The third-order valence-electron chi connectivity index (χ3n) is 2.45. The van der Waals surface area contributed by atoms with Gasteiger partial charge in [-0.15, -0.1) is 5.10 Å². The van der Waals surface area contributed by atoms with Gasteiger partial charge in [0.05, 0.1) is 12.2 Å². The van der Waals surface area contributed by atoms with E-state index in [4.69, 9.17) is 0 Å². The topological polar surface area (TPSA) is 30.7 Å². The van der Waals surface area contributed by atoms with E-state index in [-0.39, 0.29) is 0 Å². The number of aromatic nitrogens is 3. The maximum Gasteiger partial charge on any atom is 0.0827 e. The summed E-state index contributed by atoms with van der Waals surface area (Å²) in [4.78, 5) is 0. The molecule has 0 aliphatic carbocycles. The van der Waals surface area contributed by atoms with Gasteiger partial charge >= 0.3 is 0 Å². The Hall–Kier alpha value is -0.510. The second-order valence-corrected chi connectivity index (χ2v) is 4.31. The molecule has 0 N–H and O–H groups in total. The highest BCUT2D eigenvalue weighted by atomic mass is 32.1. The van der Waals surface area contributed by atoms with Crippen molar-refractivity contribution in [1.29, 1.82) is 0 Å². The molecule has 1 heterocycles. The molecule has 1 aromatic rings. The number of hydrogen-bond acceptors (Lipinski definition) is 3.